The van der Waals surface area contributed by atoms with E-state index in [0.717, 1.165) is 18.8 Å². The van der Waals surface area contributed by atoms with E-state index in [2.05, 4.69) is 4.90 Å². The highest BCUT2D eigenvalue weighted by Crippen LogP contribution is 2.33. The lowest BCUT2D eigenvalue weighted by Gasteiger charge is -2.29. The van der Waals surface area contributed by atoms with Gasteiger partial charge in [-0.3, -0.25) is 4.79 Å². The van der Waals surface area contributed by atoms with E-state index in [4.69, 9.17) is 33.7 Å². The number of anilines is 1. The van der Waals surface area contributed by atoms with Crippen molar-refractivity contribution in [3.05, 3.63) is 33.8 Å². The van der Waals surface area contributed by atoms with Crippen LogP contribution in [0.15, 0.2) is 18.2 Å². The second-order valence-electron chi connectivity index (χ2n) is 4.16. The Hall–Kier alpha value is -1.23. The monoisotopic (exact) mass is 300 g/mol. The molecule has 4 nitrogen and oxygen atoms in total. The number of nitrogens with two attached hydrogens (primary N) is 1. The van der Waals surface area contributed by atoms with E-state index >= 15 is 0 Å². The topological polar surface area (TPSA) is 55.6 Å². The van der Waals surface area contributed by atoms with Crippen molar-refractivity contribution >= 4 is 40.9 Å². The molecule has 0 aliphatic carbocycles. The van der Waals surface area contributed by atoms with E-state index in [0.29, 0.717) is 28.8 Å². The number of rotatable bonds is 3. The van der Waals surface area contributed by atoms with Gasteiger partial charge in [0.15, 0.2) is 0 Å². The van der Waals surface area contributed by atoms with Crippen LogP contribution in [-0.4, -0.2) is 32.2 Å². The molecule has 0 atom stereocenters. The van der Waals surface area contributed by atoms with Crippen LogP contribution in [0.1, 0.15) is 5.56 Å². The molecule has 1 heterocycles. The molecular weight excluding hydrogens is 287 g/mol. The number of primary amides is 1. The van der Waals surface area contributed by atoms with Crippen molar-refractivity contribution in [1.82, 2.24) is 0 Å². The second kappa shape index (κ2) is 6.28. The summed E-state index contributed by atoms with van der Waals surface area (Å²) in [6.07, 6.45) is 2.81. The maximum atomic E-state index is 10.7. The fraction of sp³-hybridized carbons (Fsp3) is 0.308. The van der Waals surface area contributed by atoms with Gasteiger partial charge in [-0.05, 0) is 23.8 Å². The lowest BCUT2D eigenvalue weighted by atomic mass is 10.1. The minimum absolute atomic E-state index is 0.524. The zero-order chi connectivity index (χ0) is 13.8. The highest BCUT2D eigenvalue weighted by Gasteiger charge is 2.15. The molecule has 0 unspecified atom stereocenters. The molecule has 19 heavy (non-hydrogen) atoms. The normalized spacial score (nSPS) is 16.0. The average molecular weight is 301 g/mol. The molecule has 0 bridgehead atoms. The quantitative estimate of drug-likeness (QED) is 0.872. The van der Waals surface area contributed by atoms with Gasteiger partial charge in [-0.15, -0.1) is 0 Å². The number of nitrogens with zero attached hydrogens (tertiary/aromatic N) is 1. The molecular formula is C13H14Cl2N2O2. The van der Waals surface area contributed by atoms with Gasteiger partial charge in [0.1, 0.15) is 0 Å². The summed E-state index contributed by atoms with van der Waals surface area (Å²) in [7, 11) is 0. The second-order valence-corrected chi connectivity index (χ2v) is 4.97. The predicted molar refractivity (Wildman–Crippen MR) is 77.7 cm³/mol. The van der Waals surface area contributed by atoms with Crippen LogP contribution in [-0.2, 0) is 9.53 Å². The number of benzene rings is 1. The zero-order valence-corrected chi connectivity index (χ0v) is 11.7. The molecule has 0 spiro atoms. The molecule has 1 saturated heterocycles. The van der Waals surface area contributed by atoms with Crippen molar-refractivity contribution in [2.75, 3.05) is 31.2 Å². The summed E-state index contributed by atoms with van der Waals surface area (Å²) >= 11 is 12.4. The number of amides is 1. The number of halogens is 2. The Morgan fingerprint density at radius 2 is 1.95 bits per heavy atom. The summed E-state index contributed by atoms with van der Waals surface area (Å²) in [4.78, 5) is 12.8. The van der Waals surface area contributed by atoms with Gasteiger partial charge in [0.2, 0.25) is 5.91 Å². The molecule has 102 valence electrons. The molecule has 1 aromatic rings. The van der Waals surface area contributed by atoms with E-state index in [1.165, 1.54) is 6.08 Å². The Morgan fingerprint density at radius 1 is 1.26 bits per heavy atom. The number of ether oxygens (including phenoxy) is 1. The van der Waals surface area contributed by atoms with Crippen LogP contribution in [0.3, 0.4) is 0 Å². The summed E-state index contributed by atoms with van der Waals surface area (Å²) in [5, 5.41) is 1.12. The molecule has 2 rings (SSSR count). The first-order valence-electron chi connectivity index (χ1n) is 5.87. The maximum Gasteiger partial charge on any atom is 0.241 e. The first kappa shape index (κ1) is 14.2. The number of morpholine rings is 1. The molecule has 1 aliphatic rings. The Balaban J connectivity index is 2.28. The molecule has 6 heteroatoms. The number of hydrogen-bond acceptors (Lipinski definition) is 3. The summed E-state index contributed by atoms with van der Waals surface area (Å²) < 4.78 is 5.30. The molecule has 1 amide bonds. The van der Waals surface area contributed by atoms with Gasteiger partial charge in [-0.25, -0.2) is 0 Å². The van der Waals surface area contributed by atoms with Crippen LogP contribution >= 0.6 is 23.2 Å². The van der Waals surface area contributed by atoms with Gasteiger partial charge >= 0.3 is 0 Å². The van der Waals surface area contributed by atoms with Gasteiger partial charge in [0, 0.05) is 24.2 Å². The summed E-state index contributed by atoms with van der Waals surface area (Å²) in [5.74, 6) is -0.524. The molecule has 1 aromatic carbocycles. The van der Waals surface area contributed by atoms with Crippen molar-refractivity contribution < 1.29 is 9.53 Å². The molecule has 1 fully saturated rings. The van der Waals surface area contributed by atoms with E-state index in [1.54, 1.807) is 18.2 Å². The van der Waals surface area contributed by atoms with Crippen LogP contribution in [0.5, 0.6) is 0 Å². The van der Waals surface area contributed by atoms with Crippen molar-refractivity contribution in [3.63, 3.8) is 0 Å². The van der Waals surface area contributed by atoms with E-state index < -0.39 is 5.91 Å². The van der Waals surface area contributed by atoms with Crippen LogP contribution in [0.4, 0.5) is 5.69 Å². The van der Waals surface area contributed by atoms with Crippen molar-refractivity contribution in [3.8, 4) is 0 Å². The third-order valence-corrected chi connectivity index (χ3v) is 3.48. The molecule has 1 aliphatic heterocycles. The predicted octanol–water partition coefficient (Wildman–Crippen LogP) is 2.33. The van der Waals surface area contributed by atoms with Crippen molar-refractivity contribution in [2.45, 2.75) is 0 Å². The maximum absolute atomic E-state index is 10.7. The van der Waals surface area contributed by atoms with Crippen LogP contribution in [0, 0.1) is 0 Å². The molecule has 0 aromatic heterocycles. The fourth-order valence-corrected chi connectivity index (χ4v) is 2.41. The van der Waals surface area contributed by atoms with Crippen LogP contribution < -0.4 is 10.6 Å². The third kappa shape index (κ3) is 3.62. The Kier molecular flexibility index (Phi) is 4.69. The molecule has 0 radical (unpaired) electrons. The number of carbonyl (C=O) groups excluding carboxylic acids is 1. The van der Waals surface area contributed by atoms with Crippen molar-refractivity contribution in [2.24, 2.45) is 5.73 Å². The zero-order valence-electron chi connectivity index (χ0n) is 10.2. The Labute approximate surface area is 121 Å². The lowest BCUT2D eigenvalue weighted by Crippen LogP contribution is -2.36. The van der Waals surface area contributed by atoms with Gasteiger partial charge in [0.25, 0.3) is 0 Å². The average Bonchev–Trinajstić information content (AvgIpc) is 2.40. The largest absolute Gasteiger partial charge is 0.378 e. The lowest BCUT2D eigenvalue weighted by molar-refractivity contribution is -0.113. The fourth-order valence-electron chi connectivity index (χ4n) is 1.90. The van der Waals surface area contributed by atoms with Crippen LogP contribution in [0.2, 0.25) is 10.0 Å². The number of hydrogen-bond donors (Lipinski definition) is 1. The van der Waals surface area contributed by atoms with E-state index in [-0.39, 0.29) is 0 Å². The summed E-state index contributed by atoms with van der Waals surface area (Å²) in [5.41, 5.74) is 6.60. The standard InChI is InChI=1S/C13H14Cl2N2O2/c14-10-8-12(17-3-5-19-6-4-17)11(15)7-9(10)1-2-13(16)18/h1-2,7-8H,3-6H2,(H2,16,18)/b2-1+. The Morgan fingerprint density at radius 3 is 2.58 bits per heavy atom. The first-order chi connectivity index (χ1) is 9.08. The highest BCUT2D eigenvalue weighted by atomic mass is 35.5. The van der Waals surface area contributed by atoms with Gasteiger partial charge in [-0.2, -0.15) is 0 Å². The third-order valence-electron chi connectivity index (χ3n) is 2.85. The SMILES string of the molecule is NC(=O)/C=C/c1cc(Cl)c(N2CCOCC2)cc1Cl. The van der Waals surface area contributed by atoms with Gasteiger partial charge in [0.05, 0.1) is 23.9 Å². The number of carbonyl (C=O) groups is 1. The Bertz CT molecular complexity index is 512. The summed E-state index contributed by atoms with van der Waals surface area (Å²) in [6.45, 7) is 2.92. The first-order valence-corrected chi connectivity index (χ1v) is 6.63. The molecule has 2 N–H and O–H groups in total. The molecule has 0 saturated carbocycles. The summed E-state index contributed by atoms with van der Waals surface area (Å²) in [6, 6.07) is 3.53. The van der Waals surface area contributed by atoms with E-state index in [9.17, 15) is 4.79 Å². The minimum Gasteiger partial charge on any atom is -0.378 e. The van der Waals surface area contributed by atoms with Crippen LogP contribution in [0.25, 0.3) is 6.08 Å². The van der Waals surface area contributed by atoms with Gasteiger partial charge < -0.3 is 15.4 Å². The van der Waals surface area contributed by atoms with Crippen molar-refractivity contribution in [1.29, 1.82) is 0 Å². The highest BCUT2D eigenvalue weighted by molar-refractivity contribution is 6.36. The smallest absolute Gasteiger partial charge is 0.241 e. The minimum atomic E-state index is -0.524. The van der Waals surface area contributed by atoms with E-state index in [1.807, 2.05) is 0 Å². The van der Waals surface area contributed by atoms with Gasteiger partial charge in [-0.1, -0.05) is 23.2 Å².